The highest BCUT2D eigenvalue weighted by molar-refractivity contribution is 9.10. The largest absolute Gasteiger partial charge is 0.462 e. The van der Waals surface area contributed by atoms with Crippen molar-refractivity contribution in [1.29, 1.82) is 0 Å². The summed E-state index contributed by atoms with van der Waals surface area (Å²) in [5.41, 5.74) is 0.632. The highest BCUT2D eigenvalue weighted by Crippen LogP contribution is 2.28. The van der Waals surface area contributed by atoms with Crippen LogP contribution >= 0.6 is 27.3 Å². The lowest BCUT2D eigenvalue weighted by Gasteiger charge is -2.05. The first-order chi connectivity index (χ1) is 10.0. The maximum Gasteiger partial charge on any atom is 0.341 e. The summed E-state index contributed by atoms with van der Waals surface area (Å²) >= 11 is 4.54. The summed E-state index contributed by atoms with van der Waals surface area (Å²) in [6.45, 7) is 3.88. The van der Waals surface area contributed by atoms with Crippen LogP contribution in [-0.2, 0) is 4.74 Å². The van der Waals surface area contributed by atoms with Crippen LogP contribution in [0.15, 0.2) is 28.9 Å². The van der Waals surface area contributed by atoms with Crippen molar-refractivity contribution in [2.24, 2.45) is 0 Å². The van der Waals surface area contributed by atoms with E-state index in [2.05, 4.69) is 26.2 Å². The van der Waals surface area contributed by atoms with Gasteiger partial charge in [-0.05, 0) is 48.0 Å². The Morgan fingerprint density at radius 2 is 2.19 bits per heavy atom. The lowest BCUT2D eigenvalue weighted by molar-refractivity contribution is 0.0528. The van der Waals surface area contributed by atoms with E-state index in [9.17, 15) is 9.59 Å². The smallest absolute Gasteiger partial charge is 0.341 e. The van der Waals surface area contributed by atoms with E-state index in [0.717, 1.165) is 4.88 Å². The SMILES string of the molecule is CCOC(=O)c1cc(C)sc1NC(=O)c1cccc(Br)n1. The molecule has 2 rings (SSSR count). The lowest BCUT2D eigenvalue weighted by atomic mass is 10.3. The molecule has 1 amide bonds. The molecule has 110 valence electrons. The quantitative estimate of drug-likeness (QED) is 0.660. The monoisotopic (exact) mass is 368 g/mol. The Morgan fingerprint density at radius 1 is 1.43 bits per heavy atom. The van der Waals surface area contributed by atoms with Crippen LogP contribution in [0.25, 0.3) is 0 Å². The molecule has 0 aromatic carbocycles. The Balaban J connectivity index is 2.23. The molecule has 21 heavy (non-hydrogen) atoms. The molecule has 0 aliphatic rings. The summed E-state index contributed by atoms with van der Waals surface area (Å²) in [7, 11) is 0. The summed E-state index contributed by atoms with van der Waals surface area (Å²) in [5.74, 6) is -0.817. The molecule has 2 heterocycles. The van der Waals surface area contributed by atoms with Gasteiger partial charge in [0.15, 0.2) is 0 Å². The van der Waals surface area contributed by atoms with Crippen molar-refractivity contribution in [2.45, 2.75) is 13.8 Å². The minimum atomic E-state index is -0.445. The van der Waals surface area contributed by atoms with E-state index in [-0.39, 0.29) is 18.2 Å². The predicted molar refractivity (Wildman–Crippen MR) is 84.9 cm³/mol. The minimum Gasteiger partial charge on any atom is -0.462 e. The van der Waals surface area contributed by atoms with Crippen LogP contribution in [0.1, 0.15) is 32.6 Å². The van der Waals surface area contributed by atoms with Crippen LogP contribution < -0.4 is 5.32 Å². The number of thiophene rings is 1. The number of amides is 1. The Kier molecular flexibility index (Phi) is 5.08. The number of hydrogen-bond acceptors (Lipinski definition) is 5. The summed E-state index contributed by atoms with van der Waals surface area (Å²) in [6, 6.07) is 6.76. The number of carbonyl (C=O) groups is 2. The molecule has 2 aromatic rings. The lowest BCUT2D eigenvalue weighted by Crippen LogP contribution is -2.15. The molecular formula is C14H13BrN2O3S. The molecule has 0 radical (unpaired) electrons. The first-order valence-corrected chi connectivity index (χ1v) is 7.83. The molecule has 0 atom stereocenters. The van der Waals surface area contributed by atoms with Crippen LogP contribution in [0.5, 0.6) is 0 Å². The zero-order chi connectivity index (χ0) is 15.4. The van der Waals surface area contributed by atoms with Crippen molar-refractivity contribution in [2.75, 3.05) is 11.9 Å². The maximum absolute atomic E-state index is 12.2. The second kappa shape index (κ2) is 6.82. The first-order valence-electron chi connectivity index (χ1n) is 6.22. The molecular weight excluding hydrogens is 356 g/mol. The van der Waals surface area contributed by atoms with Crippen LogP contribution in [0, 0.1) is 6.92 Å². The molecule has 0 saturated heterocycles. The fourth-order valence-corrected chi connectivity index (χ4v) is 2.91. The topological polar surface area (TPSA) is 68.3 Å². The van der Waals surface area contributed by atoms with Crippen LogP contribution in [0.4, 0.5) is 5.00 Å². The molecule has 5 nitrogen and oxygen atoms in total. The van der Waals surface area contributed by atoms with E-state index < -0.39 is 5.97 Å². The molecule has 0 unspecified atom stereocenters. The van der Waals surface area contributed by atoms with E-state index in [1.54, 1.807) is 31.2 Å². The van der Waals surface area contributed by atoms with Crippen molar-refractivity contribution >= 4 is 44.1 Å². The molecule has 1 N–H and O–H groups in total. The van der Waals surface area contributed by atoms with E-state index in [1.807, 2.05) is 6.92 Å². The predicted octanol–water partition coefficient (Wildman–Crippen LogP) is 3.64. The van der Waals surface area contributed by atoms with Gasteiger partial charge < -0.3 is 10.1 Å². The van der Waals surface area contributed by atoms with Crippen molar-refractivity contribution < 1.29 is 14.3 Å². The van der Waals surface area contributed by atoms with Crippen LogP contribution in [-0.4, -0.2) is 23.5 Å². The number of pyridine rings is 1. The number of aryl methyl sites for hydroxylation is 1. The van der Waals surface area contributed by atoms with Crippen molar-refractivity contribution in [1.82, 2.24) is 4.98 Å². The summed E-state index contributed by atoms with van der Waals surface area (Å²) < 4.78 is 5.55. The number of nitrogens with zero attached hydrogens (tertiary/aromatic N) is 1. The molecule has 0 fully saturated rings. The van der Waals surface area contributed by atoms with Gasteiger partial charge in [0.1, 0.15) is 15.3 Å². The molecule has 0 saturated carbocycles. The molecule has 0 aliphatic carbocycles. The van der Waals surface area contributed by atoms with Gasteiger partial charge in [0.25, 0.3) is 5.91 Å². The number of halogens is 1. The van der Waals surface area contributed by atoms with Crippen LogP contribution in [0.3, 0.4) is 0 Å². The zero-order valence-electron chi connectivity index (χ0n) is 11.5. The second-order valence-electron chi connectivity index (χ2n) is 4.12. The number of aromatic nitrogens is 1. The van der Waals surface area contributed by atoms with Gasteiger partial charge in [-0.15, -0.1) is 11.3 Å². The Bertz CT molecular complexity index is 685. The van der Waals surface area contributed by atoms with Gasteiger partial charge in [-0.25, -0.2) is 9.78 Å². The summed E-state index contributed by atoms with van der Waals surface area (Å²) in [6.07, 6.45) is 0. The number of hydrogen-bond donors (Lipinski definition) is 1. The zero-order valence-corrected chi connectivity index (χ0v) is 13.9. The average molecular weight is 369 g/mol. The highest BCUT2D eigenvalue weighted by atomic mass is 79.9. The molecule has 2 aromatic heterocycles. The molecule has 7 heteroatoms. The van der Waals surface area contributed by atoms with E-state index >= 15 is 0 Å². The third-order valence-electron chi connectivity index (χ3n) is 2.53. The van der Waals surface area contributed by atoms with Crippen LogP contribution in [0.2, 0.25) is 0 Å². The van der Waals surface area contributed by atoms with Gasteiger partial charge in [-0.3, -0.25) is 4.79 Å². The van der Waals surface area contributed by atoms with E-state index in [1.165, 1.54) is 11.3 Å². The maximum atomic E-state index is 12.2. The van der Waals surface area contributed by atoms with Gasteiger partial charge in [-0.2, -0.15) is 0 Å². The third kappa shape index (κ3) is 3.89. The number of rotatable bonds is 4. The van der Waals surface area contributed by atoms with Crippen molar-refractivity contribution in [3.63, 3.8) is 0 Å². The second-order valence-corrected chi connectivity index (χ2v) is 6.19. The Labute approximate surface area is 134 Å². The van der Waals surface area contributed by atoms with Gasteiger partial charge >= 0.3 is 5.97 Å². The third-order valence-corrected chi connectivity index (χ3v) is 3.93. The fraction of sp³-hybridized carbons (Fsp3) is 0.214. The number of nitrogens with one attached hydrogen (secondary N) is 1. The van der Waals surface area contributed by atoms with Crippen molar-refractivity contribution in [3.05, 3.63) is 45.0 Å². The van der Waals surface area contributed by atoms with Gasteiger partial charge in [-0.1, -0.05) is 6.07 Å². The average Bonchev–Trinajstić information content (AvgIpc) is 2.80. The number of esters is 1. The normalized spacial score (nSPS) is 10.2. The highest BCUT2D eigenvalue weighted by Gasteiger charge is 2.19. The molecule has 0 aliphatic heterocycles. The standard InChI is InChI=1S/C14H13BrN2O3S/c1-3-20-14(19)9-7-8(2)21-13(9)17-12(18)10-5-4-6-11(15)16-10/h4-7H,3H2,1-2H3,(H,17,18). The number of carbonyl (C=O) groups excluding carboxylic acids is 2. The molecule has 0 spiro atoms. The number of anilines is 1. The molecule has 0 bridgehead atoms. The number of ether oxygens (including phenoxy) is 1. The Morgan fingerprint density at radius 3 is 2.86 bits per heavy atom. The first kappa shape index (κ1) is 15.7. The summed E-state index contributed by atoms with van der Waals surface area (Å²) in [4.78, 5) is 29.0. The van der Waals surface area contributed by atoms with Crippen molar-refractivity contribution in [3.8, 4) is 0 Å². The van der Waals surface area contributed by atoms with Gasteiger partial charge in [0, 0.05) is 4.88 Å². The fourth-order valence-electron chi connectivity index (χ4n) is 1.67. The minimum absolute atomic E-state index is 0.269. The Hall–Kier alpha value is -1.73. The van der Waals surface area contributed by atoms with E-state index in [0.29, 0.717) is 15.2 Å². The summed E-state index contributed by atoms with van der Waals surface area (Å²) in [5, 5.41) is 3.18. The van der Waals surface area contributed by atoms with Gasteiger partial charge in [0.05, 0.1) is 12.2 Å². The van der Waals surface area contributed by atoms with Gasteiger partial charge in [0.2, 0.25) is 0 Å². The van der Waals surface area contributed by atoms with E-state index in [4.69, 9.17) is 4.74 Å².